The molecule has 4 aromatic heterocycles. The Balaban J connectivity index is 1.34. The number of nitrogens with one attached hydrogen (secondary N) is 1. The second kappa shape index (κ2) is 7.97. The summed E-state index contributed by atoms with van der Waals surface area (Å²) in [5.41, 5.74) is 3.31. The number of rotatable bonds is 5. The third-order valence-corrected chi connectivity index (χ3v) is 8.37. The van der Waals surface area contributed by atoms with Gasteiger partial charge in [0.05, 0.1) is 30.7 Å². The third kappa shape index (κ3) is 3.73. The zero-order valence-corrected chi connectivity index (χ0v) is 20.2. The van der Waals surface area contributed by atoms with Crippen LogP contribution in [0.3, 0.4) is 0 Å². The smallest absolute Gasteiger partial charge is 0.261 e. The number of fused-ring (bicyclic) bond motifs is 2. The Morgan fingerprint density at radius 2 is 1.88 bits per heavy atom. The molecule has 0 aliphatic rings. The first kappa shape index (κ1) is 20.9. The number of benzene rings is 2. The van der Waals surface area contributed by atoms with E-state index in [0.29, 0.717) is 22.9 Å². The molecule has 0 fully saturated rings. The molecule has 34 heavy (non-hydrogen) atoms. The highest BCUT2D eigenvalue weighted by atomic mass is 32.2. The van der Waals surface area contributed by atoms with Crippen LogP contribution >= 0.6 is 22.7 Å². The first-order valence-electron chi connectivity index (χ1n) is 10.2. The molecule has 0 unspecified atom stereocenters. The van der Waals surface area contributed by atoms with Gasteiger partial charge in [-0.1, -0.05) is 18.2 Å². The topological polar surface area (TPSA) is 102 Å². The van der Waals surface area contributed by atoms with Gasteiger partial charge in [0.15, 0.2) is 11.5 Å². The standard InChI is InChI=1S/C23H16N6O2S3/c1-14-24-19-8-7-17(13-21(19)33-14)34(30,31)28-16-5-2-4-15(12-16)18-9-10-22-25-26-23(29(22)27-18)20-6-3-11-32-20/h2-13,28H,1H3. The first-order chi connectivity index (χ1) is 16.5. The Bertz CT molecular complexity index is 1770. The van der Waals surface area contributed by atoms with E-state index in [1.165, 1.54) is 11.3 Å². The van der Waals surface area contributed by atoms with E-state index in [9.17, 15) is 8.42 Å². The van der Waals surface area contributed by atoms with Crippen LogP contribution in [0.25, 0.3) is 37.8 Å². The lowest BCUT2D eigenvalue weighted by Gasteiger charge is -2.10. The van der Waals surface area contributed by atoms with Gasteiger partial charge in [0.25, 0.3) is 10.0 Å². The summed E-state index contributed by atoms with van der Waals surface area (Å²) in [7, 11) is -3.77. The molecule has 1 N–H and O–H groups in total. The molecule has 8 nitrogen and oxygen atoms in total. The van der Waals surface area contributed by atoms with Crippen LogP contribution in [-0.4, -0.2) is 33.2 Å². The molecule has 11 heteroatoms. The molecule has 0 radical (unpaired) electrons. The number of aromatic nitrogens is 5. The molecule has 0 saturated heterocycles. The van der Waals surface area contributed by atoms with Gasteiger partial charge in [-0.25, -0.2) is 13.4 Å². The van der Waals surface area contributed by atoms with E-state index in [2.05, 4.69) is 19.9 Å². The maximum atomic E-state index is 13.1. The number of anilines is 1. The zero-order chi connectivity index (χ0) is 23.3. The molecule has 4 heterocycles. The number of sulfonamides is 1. The number of thiazole rings is 1. The summed E-state index contributed by atoms with van der Waals surface area (Å²) < 4.78 is 31.3. The summed E-state index contributed by atoms with van der Waals surface area (Å²) in [5, 5.41) is 16.0. The minimum absolute atomic E-state index is 0.193. The summed E-state index contributed by atoms with van der Waals surface area (Å²) >= 11 is 3.03. The Labute approximate surface area is 202 Å². The lowest BCUT2D eigenvalue weighted by molar-refractivity contribution is 0.601. The molecule has 0 atom stereocenters. The molecule has 0 bridgehead atoms. The van der Waals surface area contributed by atoms with Gasteiger partial charge in [0, 0.05) is 11.3 Å². The number of nitrogens with zero attached hydrogens (tertiary/aromatic N) is 5. The monoisotopic (exact) mass is 504 g/mol. The van der Waals surface area contributed by atoms with Crippen LogP contribution in [0.5, 0.6) is 0 Å². The summed E-state index contributed by atoms with van der Waals surface area (Å²) in [4.78, 5) is 5.55. The van der Waals surface area contributed by atoms with Crippen molar-refractivity contribution < 1.29 is 8.42 Å². The average molecular weight is 505 g/mol. The quantitative estimate of drug-likeness (QED) is 0.345. The van der Waals surface area contributed by atoms with Gasteiger partial charge in [-0.2, -0.15) is 9.61 Å². The van der Waals surface area contributed by atoms with Crippen molar-refractivity contribution in [2.24, 2.45) is 0 Å². The van der Waals surface area contributed by atoms with E-state index < -0.39 is 10.0 Å². The van der Waals surface area contributed by atoms with Gasteiger partial charge >= 0.3 is 0 Å². The Kier molecular flexibility index (Phi) is 4.90. The summed E-state index contributed by atoms with van der Waals surface area (Å²) in [5.74, 6) is 0.664. The fourth-order valence-corrected chi connectivity index (χ4v) is 6.36. The maximum Gasteiger partial charge on any atom is 0.261 e. The van der Waals surface area contributed by atoms with Crippen LogP contribution in [0.2, 0.25) is 0 Å². The third-order valence-electron chi connectivity index (χ3n) is 5.19. The van der Waals surface area contributed by atoms with Crippen molar-refractivity contribution in [2.45, 2.75) is 11.8 Å². The molecular weight excluding hydrogens is 488 g/mol. The van der Waals surface area contributed by atoms with Gasteiger partial charge in [-0.3, -0.25) is 4.72 Å². The van der Waals surface area contributed by atoms with Gasteiger partial charge in [-0.05, 0) is 60.8 Å². The molecule has 0 spiro atoms. The zero-order valence-electron chi connectivity index (χ0n) is 17.7. The van der Waals surface area contributed by atoms with E-state index in [4.69, 9.17) is 5.10 Å². The molecular formula is C23H16N6O2S3. The minimum Gasteiger partial charge on any atom is -0.280 e. The molecule has 168 valence electrons. The molecule has 0 aliphatic heterocycles. The normalized spacial score (nSPS) is 11.9. The Hall–Kier alpha value is -3.67. The van der Waals surface area contributed by atoms with Gasteiger partial charge in [0.1, 0.15) is 0 Å². The number of hydrogen-bond acceptors (Lipinski definition) is 8. The second-order valence-corrected chi connectivity index (χ2v) is 11.4. The van der Waals surface area contributed by atoms with Crippen molar-refractivity contribution in [1.29, 1.82) is 0 Å². The predicted molar refractivity (Wildman–Crippen MR) is 135 cm³/mol. The van der Waals surface area contributed by atoms with E-state index in [1.807, 2.05) is 42.6 Å². The predicted octanol–water partition coefficient (Wildman–Crippen LogP) is 5.24. The van der Waals surface area contributed by atoms with Crippen molar-refractivity contribution in [2.75, 3.05) is 4.72 Å². The van der Waals surface area contributed by atoms with Gasteiger partial charge in [-0.15, -0.1) is 32.9 Å². The molecule has 6 aromatic rings. The fourth-order valence-electron chi connectivity index (χ4n) is 3.65. The van der Waals surface area contributed by atoms with E-state index in [0.717, 1.165) is 25.7 Å². The second-order valence-electron chi connectivity index (χ2n) is 7.54. The van der Waals surface area contributed by atoms with E-state index in [1.54, 1.807) is 52.3 Å². The average Bonchev–Trinajstić information content (AvgIpc) is 3.56. The molecule has 0 saturated carbocycles. The number of hydrogen-bond donors (Lipinski definition) is 1. The first-order valence-corrected chi connectivity index (χ1v) is 13.4. The summed E-state index contributed by atoms with van der Waals surface area (Å²) in [6.07, 6.45) is 0. The van der Waals surface area contributed by atoms with Crippen molar-refractivity contribution in [3.8, 4) is 22.0 Å². The van der Waals surface area contributed by atoms with Crippen LogP contribution in [-0.2, 0) is 10.0 Å². The van der Waals surface area contributed by atoms with Crippen LogP contribution in [0.1, 0.15) is 5.01 Å². The Morgan fingerprint density at radius 3 is 2.74 bits per heavy atom. The van der Waals surface area contributed by atoms with Crippen LogP contribution in [0, 0.1) is 6.92 Å². The lowest BCUT2D eigenvalue weighted by Crippen LogP contribution is -2.12. The van der Waals surface area contributed by atoms with Gasteiger partial charge < -0.3 is 0 Å². The van der Waals surface area contributed by atoms with Crippen molar-refractivity contribution >= 4 is 54.2 Å². The van der Waals surface area contributed by atoms with Crippen molar-refractivity contribution in [1.82, 2.24) is 24.8 Å². The van der Waals surface area contributed by atoms with Crippen molar-refractivity contribution in [3.63, 3.8) is 0 Å². The fraction of sp³-hybridized carbons (Fsp3) is 0.0435. The molecule has 2 aromatic carbocycles. The largest absolute Gasteiger partial charge is 0.280 e. The lowest BCUT2D eigenvalue weighted by atomic mass is 10.1. The van der Waals surface area contributed by atoms with E-state index >= 15 is 0 Å². The highest BCUT2D eigenvalue weighted by Gasteiger charge is 2.17. The molecule has 0 amide bonds. The van der Waals surface area contributed by atoms with Gasteiger partial charge in [0.2, 0.25) is 0 Å². The highest BCUT2D eigenvalue weighted by Crippen LogP contribution is 2.28. The SMILES string of the molecule is Cc1nc2ccc(S(=O)(=O)Nc3cccc(-c4ccc5nnc(-c6cccs6)n5n4)c3)cc2s1. The highest BCUT2D eigenvalue weighted by molar-refractivity contribution is 7.92. The van der Waals surface area contributed by atoms with Crippen LogP contribution in [0.15, 0.2) is 77.0 Å². The summed E-state index contributed by atoms with van der Waals surface area (Å²) in [6, 6.07) is 19.7. The summed E-state index contributed by atoms with van der Waals surface area (Å²) in [6.45, 7) is 1.90. The number of thiophene rings is 1. The maximum absolute atomic E-state index is 13.1. The minimum atomic E-state index is -3.77. The number of aryl methyl sites for hydroxylation is 1. The Morgan fingerprint density at radius 1 is 0.971 bits per heavy atom. The van der Waals surface area contributed by atoms with Crippen molar-refractivity contribution in [3.05, 3.63) is 77.1 Å². The van der Waals surface area contributed by atoms with E-state index in [-0.39, 0.29) is 4.90 Å². The molecule has 6 rings (SSSR count). The van der Waals surface area contributed by atoms with Crippen LogP contribution in [0.4, 0.5) is 5.69 Å². The van der Waals surface area contributed by atoms with Crippen LogP contribution < -0.4 is 4.72 Å². The molecule has 0 aliphatic carbocycles.